The van der Waals surface area contributed by atoms with Crippen LogP contribution in [0.2, 0.25) is 0 Å². The predicted molar refractivity (Wildman–Crippen MR) is 622 cm³/mol. The summed E-state index contributed by atoms with van der Waals surface area (Å²) in [7, 11) is 12.8. The fraction of sp³-hybridized carbons (Fsp3) is 0.102. The van der Waals surface area contributed by atoms with Gasteiger partial charge >= 0.3 is 0 Å². The third kappa shape index (κ3) is 18.0. The first-order valence-electron chi connectivity index (χ1n) is 50.4. The third-order valence-electron chi connectivity index (χ3n) is 29.3. The molecule has 18 aromatic carbocycles. The molecule has 0 aliphatic carbocycles. The number of para-hydroxylation sites is 4. The lowest BCUT2D eigenvalue weighted by atomic mass is 9.85. The molecule has 9 aromatic heterocycles. The van der Waals surface area contributed by atoms with Gasteiger partial charge in [-0.1, -0.05) is 345 Å². The molecule has 0 aliphatic heterocycles. The smallest absolute Gasteiger partial charge is 0.0708 e. The molecule has 0 radical (unpaired) electrons. The number of fused-ring (bicyclic) bond motifs is 18. The molecule has 27 rings (SSSR count). The highest BCUT2D eigenvalue weighted by molar-refractivity contribution is 6.15. The highest BCUT2D eigenvalue weighted by Gasteiger charge is 2.23. The van der Waals surface area contributed by atoms with Gasteiger partial charge in [0.2, 0.25) is 0 Å². The number of pyridine rings is 3. The molecular weight excluding hydrogens is 1770 g/mol. The Bertz CT molecular complexity index is 9130. The number of aryl methyl sites for hydroxylation is 6. The minimum atomic E-state index is 0.179. The van der Waals surface area contributed by atoms with E-state index in [-0.39, 0.29) is 10.8 Å². The molecule has 0 saturated carbocycles. The highest BCUT2D eigenvalue weighted by atomic mass is 15.0. The summed E-state index contributed by atoms with van der Waals surface area (Å²) in [5, 5.41) is 15.7. The van der Waals surface area contributed by atoms with Gasteiger partial charge in [-0.25, -0.2) is 0 Å². The van der Waals surface area contributed by atoms with Crippen molar-refractivity contribution in [1.82, 2.24) is 42.4 Å². The summed E-state index contributed by atoms with van der Waals surface area (Å²) < 4.78 is 13.6. The van der Waals surface area contributed by atoms with Crippen molar-refractivity contribution in [2.75, 3.05) is 0 Å². The van der Waals surface area contributed by atoms with Crippen molar-refractivity contribution in [1.29, 1.82) is 0 Å². The predicted octanol–water partition coefficient (Wildman–Crippen LogP) is 35.8. The Labute approximate surface area is 853 Å². The van der Waals surface area contributed by atoms with Crippen LogP contribution >= 0.6 is 0 Å². The first-order valence-corrected chi connectivity index (χ1v) is 50.4. The van der Waals surface area contributed by atoms with Gasteiger partial charge in [-0.15, -0.1) is 0 Å². The molecule has 9 heterocycles. The van der Waals surface area contributed by atoms with Crippen LogP contribution in [0.25, 0.3) is 231 Å². The second-order valence-electron chi connectivity index (χ2n) is 40.2. The molecule has 9 heteroatoms. The van der Waals surface area contributed by atoms with E-state index < -0.39 is 0 Å². The standard InChI is InChI=1S/C35H25N3.C25H19N.C24H18N2.C21H27N.C19H15N.C13H11N/c1-38-34-18-16-24(26-10-2-4-12-28(26)32-14-6-8-20-36-32)22-30(34)31-23-25(17-19-35(31)38)27-11-3-5-13-29(27)33-15-7-9-21-37-33;1-26-24-14-12-20(18-8-4-2-5-9-18)16-22(24)23-17-21(13-15-25(23)26)19-10-6-3-7-11-19;1-26-23-12-5-4-10-20(23)21-16-17(13-14-24(21)26)18-8-2-3-9-19(18)22-11-6-7-15-25-22;1-20(2,3)14-8-10-18-16(12-14)17-13-15(21(4,5)6)9-11-19(17)22(18)7;1-20-18-10-6-5-9-16(18)17-13-15(11-12-19(17)20)14-7-3-2-4-8-14;1-14-12-8-4-2-6-10(12)11-7-3-5-9-13(11)14/h2-23H,1H3;2-17H,1H3;2-16H,1H3;8-13H,1-7H3;2-13H,1H3;2-9H,1H3. The Balaban J connectivity index is 0.000000102. The van der Waals surface area contributed by atoms with Gasteiger partial charge in [0.05, 0.1) is 17.1 Å². The van der Waals surface area contributed by atoms with E-state index in [0.717, 1.165) is 33.8 Å². The van der Waals surface area contributed by atoms with Crippen LogP contribution in [0.5, 0.6) is 0 Å². The first kappa shape index (κ1) is 93.2. The van der Waals surface area contributed by atoms with Crippen LogP contribution in [-0.4, -0.2) is 42.4 Å². The van der Waals surface area contributed by atoms with E-state index in [0.29, 0.717) is 0 Å². The van der Waals surface area contributed by atoms with Gasteiger partial charge in [0.15, 0.2) is 0 Å². The molecule has 708 valence electrons. The van der Waals surface area contributed by atoms with Crippen LogP contribution in [0.3, 0.4) is 0 Å². The Kier molecular flexibility index (Phi) is 25.3. The zero-order valence-corrected chi connectivity index (χ0v) is 84.6. The number of benzene rings is 18. The number of nitrogens with zero attached hydrogens (tertiary/aromatic N) is 9. The molecular formula is C137H115N9. The van der Waals surface area contributed by atoms with Crippen LogP contribution in [0, 0.1) is 0 Å². The maximum absolute atomic E-state index is 4.62. The van der Waals surface area contributed by atoms with Crippen molar-refractivity contribution in [3.63, 3.8) is 0 Å². The Hall–Kier alpha value is -17.8. The van der Waals surface area contributed by atoms with E-state index in [2.05, 4.69) is 551 Å². The second-order valence-corrected chi connectivity index (χ2v) is 40.2. The van der Waals surface area contributed by atoms with Crippen molar-refractivity contribution in [2.24, 2.45) is 42.3 Å². The van der Waals surface area contributed by atoms with Gasteiger partial charge in [0, 0.05) is 208 Å². The topological polar surface area (TPSA) is 68.2 Å². The lowest BCUT2D eigenvalue weighted by Crippen LogP contribution is -2.10. The van der Waals surface area contributed by atoms with Crippen molar-refractivity contribution in [3.05, 3.63) is 491 Å². The van der Waals surface area contributed by atoms with E-state index in [1.807, 2.05) is 55.0 Å². The van der Waals surface area contributed by atoms with Crippen molar-refractivity contribution < 1.29 is 0 Å². The Morgan fingerprint density at radius 3 is 0.575 bits per heavy atom. The number of hydrogen-bond donors (Lipinski definition) is 0. The minimum Gasteiger partial charge on any atom is -0.344 e. The minimum absolute atomic E-state index is 0.179. The molecule has 0 N–H and O–H groups in total. The van der Waals surface area contributed by atoms with Gasteiger partial charge in [-0.05, 0) is 246 Å². The number of aromatic nitrogens is 9. The molecule has 0 atom stereocenters. The van der Waals surface area contributed by atoms with E-state index in [9.17, 15) is 0 Å². The molecule has 0 fully saturated rings. The van der Waals surface area contributed by atoms with E-state index >= 15 is 0 Å². The largest absolute Gasteiger partial charge is 0.344 e. The molecule has 0 unspecified atom stereocenters. The quantitative estimate of drug-likeness (QED) is 0.145. The molecule has 0 aliphatic rings. The molecule has 146 heavy (non-hydrogen) atoms. The van der Waals surface area contributed by atoms with Crippen molar-refractivity contribution >= 4 is 131 Å². The number of hydrogen-bond acceptors (Lipinski definition) is 3. The van der Waals surface area contributed by atoms with Crippen molar-refractivity contribution in [2.45, 2.75) is 52.4 Å². The second kappa shape index (κ2) is 39.6. The molecule has 27 aromatic rings. The maximum atomic E-state index is 4.62. The van der Waals surface area contributed by atoms with Gasteiger partial charge in [-0.2, -0.15) is 0 Å². The molecule has 0 amide bonds. The number of rotatable bonds is 9. The van der Waals surface area contributed by atoms with Crippen LogP contribution in [0.15, 0.2) is 480 Å². The Morgan fingerprint density at radius 2 is 0.329 bits per heavy atom. The average molecular weight is 1890 g/mol. The van der Waals surface area contributed by atoms with Crippen LogP contribution in [0.1, 0.15) is 52.7 Å². The lowest BCUT2D eigenvalue weighted by Gasteiger charge is -2.19. The van der Waals surface area contributed by atoms with E-state index in [1.54, 1.807) is 0 Å². The normalized spacial score (nSPS) is 11.6. The fourth-order valence-corrected chi connectivity index (χ4v) is 21.4. The zero-order valence-electron chi connectivity index (χ0n) is 84.6. The van der Waals surface area contributed by atoms with E-state index in [4.69, 9.17) is 0 Å². The summed E-state index contributed by atoms with van der Waals surface area (Å²) in [5.74, 6) is 0. The van der Waals surface area contributed by atoms with Crippen molar-refractivity contribution in [3.8, 4) is 101 Å². The van der Waals surface area contributed by atoms with Gasteiger partial charge < -0.3 is 27.4 Å². The zero-order chi connectivity index (χ0) is 99.9. The summed E-state index contributed by atoms with van der Waals surface area (Å²) in [6.07, 6.45) is 5.55. The molecule has 0 bridgehead atoms. The average Bonchev–Trinajstić information content (AvgIpc) is 1.61. The highest BCUT2D eigenvalue weighted by Crippen LogP contribution is 2.44. The summed E-state index contributed by atoms with van der Waals surface area (Å²) in [6, 6.07) is 164. The van der Waals surface area contributed by atoms with Crippen LogP contribution in [-0.2, 0) is 53.1 Å². The summed E-state index contributed by atoms with van der Waals surface area (Å²) in [4.78, 5) is 13.8. The van der Waals surface area contributed by atoms with E-state index in [1.165, 1.54) is 209 Å². The van der Waals surface area contributed by atoms with Gasteiger partial charge in [-0.3, -0.25) is 15.0 Å². The molecule has 0 saturated heterocycles. The first-order chi connectivity index (χ1) is 71.2. The monoisotopic (exact) mass is 1890 g/mol. The summed E-state index contributed by atoms with van der Waals surface area (Å²) >= 11 is 0. The van der Waals surface area contributed by atoms with Gasteiger partial charge in [0.1, 0.15) is 0 Å². The van der Waals surface area contributed by atoms with Crippen LogP contribution < -0.4 is 0 Å². The maximum Gasteiger partial charge on any atom is 0.0708 e. The molecule has 0 spiro atoms. The summed E-state index contributed by atoms with van der Waals surface area (Å²) in [5.41, 5.74) is 39.6. The molecule has 9 nitrogen and oxygen atoms in total. The third-order valence-corrected chi connectivity index (χ3v) is 29.3. The summed E-state index contributed by atoms with van der Waals surface area (Å²) in [6.45, 7) is 13.7. The Morgan fingerprint density at radius 1 is 0.144 bits per heavy atom. The van der Waals surface area contributed by atoms with Gasteiger partial charge in [0.25, 0.3) is 0 Å². The fourth-order valence-electron chi connectivity index (χ4n) is 21.4. The van der Waals surface area contributed by atoms with Crippen LogP contribution in [0.4, 0.5) is 0 Å². The SMILES string of the molecule is Cn1c2ccc(-c3ccccc3)cc2c2cc(-c3ccccc3)ccc21.Cn1c2ccc(-c3ccccc3-c3ccccn3)cc2c2cc(-c3ccccc3-c3ccccn3)ccc21.Cn1c2ccc(C(C)(C)C)cc2c2cc(C(C)(C)C)ccc21.Cn1c2ccccc2c2cc(-c3ccccc3)ccc21.Cn1c2ccccc2c2cc(-c3ccccc3-c3ccccn3)ccc21.Cn1c2ccccc2c2ccccc21. The lowest BCUT2D eigenvalue weighted by molar-refractivity contribution is 0.590.